The number of amides is 4. The molecule has 1 aromatic carbocycles. The number of nitrogens with zero attached hydrogens (tertiary/aromatic N) is 2. The Hall–Kier alpha value is -2.61. The van der Waals surface area contributed by atoms with Crippen molar-refractivity contribution in [3.05, 3.63) is 58.5 Å². The molecule has 2 aromatic rings. The summed E-state index contributed by atoms with van der Waals surface area (Å²) in [7, 11) is 1.59. The first-order valence-corrected chi connectivity index (χ1v) is 8.77. The first-order valence-electron chi connectivity index (χ1n) is 7.98. The van der Waals surface area contributed by atoms with E-state index in [4.69, 9.17) is 4.42 Å². The average Bonchev–Trinajstić information content (AvgIpc) is 3.18. The van der Waals surface area contributed by atoms with Gasteiger partial charge in [0.15, 0.2) is 0 Å². The molecule has 3 rings (SSSR count). The Bertz CT molecular complexity index is 852. The van der Waals surface area contributed by atoms with Crippen molar-refractivity contribution in [2.45, 2.75) is 19.0 Å². The van der Waals surface area contributed by atoms with Crippen LogP contribution in [0.5, 0.6) is 0 Å². The predicted octanol–water partition coefficient (Wildman–Crippen LogP) is 2.47. The summed E-state index contributed by atoms with van der Waals surface area (Å²) in [6.07, 6.45) is 1.52. The molecular formula is C18H18BrN3O4. The zero-order valence-corrected chi connectivity index (χ0v) is 15.9. The lowest BCUT2D eigenvalue weighted by atomic mass is 9.92. The van der Waals surface area contributed by atoms with E-state index in [1.807, 2.05) is 6.07 Å². The number of carbonyl (C=O) groups is 3. The summed E-state index contributed by atoms with van der Waals surface area (Å²) < 4.78 is 5.92. The third kappa shape index (κ3) is 3.24. The van der Waals surface area contributed by atoms with Crippen LogP contribution in [0.25, 0.3) is 0 Å². The first-order chi connectivity index (χ1) is 12.3. The van der Waals surface area contributed by atoms with E-state index in [1.165, 1.54) is 11.2 Å². The SMILES string of the molecule is CN(Cc1ccco1)C(=O)CN1C(=O)NC(C)(c2ccccc2Br)C1=O. The lowest BCUT2D eigenvalue weighted by Crippen LogP contribution is -2.43. The van der Waals surface area contributed by atoms with Crippen molar-refractivity contribution < 1.29 is 18.8 Å². The van der Waals surface area contributed by atoms with Gasteiger partial charge in [0.25, 0.3) is 5.91 Å². The lowest BCUT2D eigenvalue weighted by Gasteiger charge is -2.24. The van der Waals surface area contributed by atoms with Crippen molar-refractivity contribution in [3.8, 4) is 0 Å². The van der Waals surface area contributed by atoms with Crippen molar-refractivity contribution in [1.29, 1.82) is 0 Å². The highest BCUT2D eigenvalue weighted by atomic mass is 79.9. The summed E-state index contributed by atoms with van der Waals surface area (Å²) in [5.41, 5.74) is -0.589. The summed E-state index contributed by atoms with van der Waals surface area (Å²) in [5, 5.41) is 2.70. The van der Waals surface area contributed by atoms with E-state index in [0.29, 0.717) is 15.8 Å². The predicted molar refractivity (Wildman–Crippen MR) is 96.9 cm³/mol. The molecule has 1 N–H and O–H groups in total. The molecule has 0 radical (unpaired) electrons. The van der Waals surface area contributed by atoms with E-state index >= 15 is 0 Å². The lowest BCUT2D eigenvalue weighted by molar-refractivity contribution is -0.138. The fourth-order valence-electron chi connectivity index (χ4n) is 2.87. The van der Waals surface area contributed by atoms with Gasteiger partial charge in [-0.1, -0.05) is 34.1 Å². The highest BCUT2D eigenvalue weighted by Gasteiger charge is 2.50. The van der Waals surface area contributed by atoms with Crippen LogP contribution < -0.4 is 5.32 Å². The van der Waals surface area contributed by atoms with Crippen molar-refractivity contribution in [1.82, 2.24) is 15.1 Å². The zero-order valence-electron chi connectivity index (χ0n) is 14.4. The average molecular weight is 420 g/mol. The molecule has 0 bridgehead atoms. The number of benzene rings is 1. The van der Waals surface area contributed by atoms with Gasteiger partial charge in [0.2, 0.25) is 5.91 Å². The number of furan rings is 1. The van der Waals surface area contributed by atoms with Crippen molar-refractivity contribution in [3.63, 3.8) is 0 Å². The Balaban J connectivity index is 1.75. The number of urea groups is 1. The fraction of sp³-hybridized carbons (Fsp3) is 0.278. The number of likely N-dealkylation sites (N-methyl/N-ethyl adjacent to an activating group) is 1. The normalized spacial score (nSPS) is 19.6. The smallest absolute Gasteiger partial charge is 0.325 e. The van der Waals surface area contributed by atoms with Gasteiger partial charge in [-0.3, -0.25) is 14.5 Å². The van der Waals surface area contributed by atoms with E-state index < -0.39 is 17.5 Å². The first kappa shape index (κ1) is 18.2. The number of rotatable bonds is 5. The van der Waals surface area contributed by atoms with Crippen LogP contribution in [0.3, 0.4) is 0 Å². The molecule has 0 aliphatic carbocycles. The van der Waals surface area contributed by atoms with Gasteiger partial charge in [-0.2, -0.15) is 0 Å². The largest absolute Gasteiger partial charge is 0.467 e. The van der Waals surface area contributed by atoms with Gasteiger partial charge in [0.1, 0.15) is 17.8 Å². The summed E-state index contributed by atoms with van der Waals surface area (Å²) in [6, 6.07) is 10.1. The third-order valence-corrected chi connectivity index (χ3v) is 5.07. The highest BCUT2D eigenvalue weighted by molar-refractivity contribution is 9.10. The number of imide groups is 1. The molecule has 1 atom stereocenters. The van der Waals surface area contributed by atoms with Crippen LogP contribution in [0.1, 0.15) is 18.2 Å². The van der Waals surface area contributed by atoms with Crippen LogP contribution in [0.15, 0.2) is 51.6 Å². The van der Waals surface area contributed by atoms with Crippen molar-refractivity contribution in [2.75, 3.05) is 13.6 Å². The molecule has 1 unspecified atom stereocenters. The Morgan fingerprint density at radius 2 is 2.00 bits per heavy atom. The number of halogens is 1. The maximum atomic E-state index is 12.9. The molecule has 136 valence electrons. The second-order valence-electron chi connectivity index (χ2n) is 6.26. The Morgan fingerprint density at radius 1 is 1.27 bits per heavy atom. The molecule has 1 aliphatic rings. The van der Waals surface area contributed by atoms with Crippen LogP contribution >= 0.6 is 15.9 Å². The topological polar surface area (TPSA) is 82.9 Å². The maximum Gasteiger partial charge on any atom is 0.325 e. The minimum atomic E-state index is -1.23. The third-order valence-electron chi connectivity index (χ3n) is 4.38. The highest BCUT2D eigenvalue weighted by Crippen LogP contribution is 2.33. The van der Waals surface area contributed by atoms with Crippen LogP contribution in [0, 0.1) is 0 Å². The minimum Gasteiger partial charge on any atom is -0.467 e. The van der Waals surface area contributed by atoms with E-state index in [9.17, 15) is 14.4 Å². The summed E-state index contributed by atoms with van der Waals surface area (Å²) >= 11 is 3.41. The van der Waals surface area contributed by atoms with Crippen molar-refractivity contribution in [2.24, 2.45) is 0 Å². The summed E-state index contributed by atoms with van der Waals surface area (Å²) in [5.74, 6) is -0.202. The van der Waals surface area contributed by atoms with Gasteiger partial charge in [-0.25, -0.2) is 4.79 Å². The van der Waals surface area contributed by atoms with E-state index in [1.54, 1.807) is 44.3 Å². The monoisotopic (exact) mass is 419 g/mol. The van der Waals surface area contributed by atoms with Crippen molar-refractivity contribution >= 4 is 33.8 Å². The molecule has 0 saturated carbocycles. The molecular weight excluding hydrogens is 402 g/mol. The van der Waals surface area contributed by atoms with Gasteiger partial charge in [0, 0.05) is 17.1 Å². The van der Waals surface area contributed by atoms with Crippen LogP contribution in [-0.2, 0) is 21.7 Å². The second kappa shape index (κ2) is 6.95. The number of hydrogen-bond donors (Lipinski definition) is 1. The van der Waals surface area contributed by atoms with Crippen LogP contribution in [0.4, 0.5) is 4.79 Å². The molecule has 1 fully saturated rings. The molecule has 26 heavy (non-hydrogen) atoms. The fourth-order valence-corrected chi connectivity index (χ4v) is 3.55. The Morgan fingerprint density at radius 3 is 2.65 bits per heavy atom. The molecule has 1 aliphatic heterocycles. The van der Waals surface area contributed by atoms with Gasteiger partial charge in [0.05, 0.1) is 12.8 Å². The number of hydrogen-bond acceptors (Lipinski definition) is 4. The molecule has 7 nitrogen and oxygen atoms in total. The van der Waals surface area contributed by atoms with Crippen LogP contribution in [0.2, 0.25) is 0 Å². The van der Waals surface area contributed by atoms with Crippen LogP contribution in [-0.4, -0.2) is 41.2 Å². The standard InChI is InChI=1S/C18H18BrN3O4/c1-18(13-7-3-4-8-14(13)19)16(24)22(17(25)20-18)11-15(23)21(2)10-12-6-5-9-26-12/h3-9H,10-11H2,1-2H3,(H,20,25). The van der Waals surface area contributed by atoms with E-state index in [2.05, 4.69) is 21.2 Å². The number of carbonyl (C=O) groups excluding carboxylic acids is 3. The molecule has 1 aromatic heterocycles. The van der Waals surface area contributed by atoms with Gasteiger partial charge < -0.3 is 14.6 Å². The molecule has 0 spiro atoms. The van der Waals surface area contributed by atoms with E-state index in [0.717, 1.165) is 4.90 Å². The molecule has 1 saturated heterocycles. The Labute approximate surface area is 159 Å². The molecule has 8 heteroatoms. The van der Waals surface area contributed by atoms with E-state index in [-0.39, 0.29) is 19.0 Å². The van der Waals surface area contributed by atoms with Gasteiger partial charge >= 0.3 is 6.03 Å². The molecule has 2 heterocycles. The minimum absolute atomic E-state index is 0.261. The molecule has 4 amide bonds. The summed E-state index contributed by atoms with van der Waals surface area (Å²) in [4.78, 5) is 40.0. The Kier molecular flexibility index (Phi) is 4.86. The maximum absolute atomic E-state index is 12.9. The van der Waals surface area contributed by atoms with Gasteiger partial charge in [-0.05, 0) is 25.1 Å². The summed E-state index contributed by atoms with van der Waals surface area (Å²) in [6.45, 7) is 1.56. The zero-order chi connectivity index (χ0) is 18.9. The van der Waals surface area contributed by atoms with Gasteiger partial charge in [-0.15, -0.1) is 0 Å². The second-order valence-corrected chi connectivity index (χ2v) is 7.11. The quantitative estimate of drug-likeness (QED) is 0.754. The number of nitrogens with one attached hydrogen (secondary N) is 1.